The van der Waals surface area contributed by atoms with Gasteiger partial charge in [-0.25, -0.2) is 0 Å². The van der Waals surface area contributed by atoms with Crippen LogP contribution in [0.25, 0.3) is 0 Å². The number of fused-ring (bicyclic) bond motifs is 1. The molecule has 1 saturated heterocycles. The van der Waals surface area contributed by atoms with E-state index in [-0.39, 0.29) is 29.6 Å². The summed E-state index contributed by atoms with van der Waals surface area (Å²) in [5.74, 6) is -0.628. The zero-order valence-electron chi connectivity index (χ0n) is 13.8. The van der Waals surface area contributed by atoms with Crippen molar-refractivity contribution in [2.75, 3.05) is 11.9 Å². The molecule has 126 valence electrons. The van der Waals surface area contributed by atoms with E-state index in [0.29, 0.717) is 32.2 Å². The van der Waals surface area contributed by atoms with Crippen LogP contribution in [0, 0.1) is 18.8 Å². The Morgan fingerprint density at radius 2 is 1.75 bits per heavy atom. The fourth-order valence-corrected chi connectivity index (χ4v) is 3.41. The van der Waals surface area contributed by atoms with Crippen molar-refractivity contribution in [1.82, 2.24) is 4.90 Å². The van der Waals surface area contributed by atoms with Crippen LogP contribution in [0.3, 0.4) is 0 Å². The van der Waals surface area contributed by atoms with Gasteiger partial charge in [-0.15, -0.1) is 0 Å². The number of aryl methyl sites for hydroxylation is 1. The Hall–Kier alpha value is -2.43. The number of nitrogens with zero attached hydrogens (tertiary/aromatic N) is 1. The SMILES string of the molecule is Cc1ccccc1NC(=O)CCCN1C(=O)[C@H]2CC=CC[C@H]2C1=O. The number of allylic oxidation sites excluding steroid dienone is 2. The molecule has 1 heterocycles. The fourth-order valence-electron chi connectivity index (χ4n) is 3.41. The molecule has 5 nitrogen and oxygen atoms in total. The molecule has 2 atom stereocenters. The number of para-hydroxylation sites is 1. The summed E-state index contributed by atoms with van der Waals surface area (Å²) in [5.41, 5.74) is 1.81. The van der Waals surface area contributed by atoms with Crippen LogP contribution in [0.1, 0.15) is 31.2 Å². The monoisotopic (exact) mass is 326 g/mol. The van der Waals surface area contributed by atoms with Crippen molar-refractivity contribution in [3.05, 3.63) is 42.0 Å². The van der Waals surface area contributed by atoms with E-state index in [1.54, 1.807) is 0 Å². The minimum Gasteiger partial charge on any atom is -0.326 e. The van der Waals surface area contributed by atoms with Gasteiger partial charge in [0.15, 0.2) is 0 Å². The summed E-state index contributed by atoms with van der Waals surface area (Å²) >= 11 is 0. The molecule has 3 amide bonds. The Balaban J connectivity index is 1.50. The van der Waals surface area contributed by atoms with Crippen LogP contribution in [0.15, 0.2) is 36.4 Å². The smallest absolute Gasteiger partial charge is 0.233 e. The molecular formula is C19H22N2O3. The van der Waals surface area contributed by atoms with Crippen molar-refractivity contribution < 1.29 is 14.4 Å². The minimum atomic E-state index is -0.191. The molecule has 0 radical (unpaired) electrons. The van der Waals surface area contributed by atoms with Crippen molar-refractivity contribution in [3.63, 3.8) is 0 Å². The van der Waals surface area contributed by atoms with E-state index in [1.807, 2.05) is 43.3 Å². The lowest BCUT2D eigenvalue weighted by atomic mass is 9.85. The van der Waals surface area contributed by atoms with Gasteiger partial charge in [-0.05, 0) is 37.8 Å². The van der Waals surface area contributed by atoms with Gasteiger partial charge in [-0.1, -0.05) is 30.4 Å². The highest BCUT2D eigenvalue weighted by molar-refractivity contribution is 6.05. The number of rotatable bonds is 5. The second-order valence-electron chi connectivity index (χ2n) is 6.45. The molecule has 1 fully saturated rings. The van der Waals surface area contributed by atoms with E-state index in [1.165, 1.54) is 4.90 Å². The number of amides is 3. The van der Waals surface area contributed by atoms with Crippen molar-refractivity contribution in [3.8, 4) is 0 Å². The van der Waals surface area contributed by atoms with Gasteiger partial charge in [-0.2, -0.15) is 0 Å². The second kappa shape index (κ2) is 6.99. The maximum Gasteiger partial charge on any atom is 0.233 e. The van der Waals surface area contributed by atoms with Gasteiger partial charge >= 0.3 is 0 Å². The lowest BCUT2D eigenvalue weighted by molar-refractivity contribution is -0.140. The number of benzene rings is 1. The number of hydrogen-bond acceptors (Lipinski definition) is 3. The van der Waals surface area contributed by atoms with Gasteiger partial charge in [0.2, 0.25) is 17.7 Å². The summed E-state index contributed by atoms with van der Waals surface area (Å²) < 4.78 is 0. The molecule has 1 aliphatic carbocycles. The van der Waals surface area contributed by atoms with E-state index < -0.39 is 0 Å². The molecule has 1 aromatic carbocycles. The first-order valence-electron chi connectivity index (χ1n) is 8.43. The van der Waals surface area contributed by atoms with Crippen LogP contribution in [0.5, 0.6) is 0 Å². The highest BCUT2D eigenvalue weighted by Gasteiger charge is 2.46. The van der Waals surface area contributed by atoms with Crippen LogP contribution in [0.4, 0.5) is 5.69 Å². The first kappa shape index (κ1) is 16.4. The van der Waals surface area contributed by atoms with Gasteiger partial charge in [0.1, 0.15) is 0 Å². The topological polar surface area (TPSA) is 66.5 Å². The quantitative estimate of drug-likeness (QED) is 0.668. The van der Waals surface area contributed by atoms with Crippen molar-refractivity contribution in [1.29, 1.82) is 0 Å². The van der Waals surface area contributed by atoms with E-state index in [2.05, 4.69) is 5.32 Å². The number of hydrogen-bond donors (Lipinski definition) is 1. The van der Waals surface area contributed by atoms with Crippen LogP contribution in [-0.2, 0) is 14.4 Å². The van der Waals surface area contributed by atoms with Crippen LogP contribution >= 0.6 is 0 Å². The largest absolute Gasteiger partial charge is 0.326 e. The lowest BCUT2D eigenvalue weighted by Gasteiger charge is -2.14. The summed E-state index contributed by atoms with van der Waals surface area (Å²) in [6, 6.07) is 7.59. The molecule has 1 aromatic rings. The highest BCUT2D eigenvalue weighted by Crippen LogP contribution is 2.35. The number of carbonyl (C=O) groups is 3. The Bertz CT molecular complexity index is 670. The third-order valence-electron chi connectivity index (χ3n) is 4.80. The standard InChI is InChI=1S/C19H22N2O3/c1-13-7-2-5-10-16(13)20-17(22)11-6-12-21-18(23)14-8-3-4-9-15(14)19(21)24/h2-5,7,10,14-15H,6,8-9,11-12H2,1H3,(H,20,22)/t14-,15+. The van der Waals surface area contributed by atoms with Crippen molar-refractivity contribution >= 4 is 23.4 Å². The Kier molecular flexibility index (Phi) is 4.79. The molecule has 0 spiro atoms. The summed E-state index contributed by atoms with van der Waals surface area (Å²) in [5, 5.41) is 2.87. The number of imide groups is 1. The van der Waals surface area contributed by atoms with Crippen molar-refractivity contribution in [2.45, 2.75) is 32.6 Å². The first-order chi connectivity index (χ1) is 11.6. The molecule has 1 N–H and O–H groups in total. The van der Waals surface area contributed by atoms with Crippen LogP contribution < -0.4 is 5.32 Å². The Morgan fingerprint density at radius 3 is 2.38 bits per heavy atom. The molecule has 1 aliphatic heterocycles. The molecule has 0 saturated carbocycles. The normalized spacial score (nSPS) is 22.6. The number of nitrogens with one attached hydrogen (secondary N) is 1. The Labute approximate surface area is 141 Å². The van der Waals surface area contributed by atoms with E-state index in [4.69, 9.17) is 0 Å². The average molecular weight is 326 g/mol. The van der Waals surface area contributed by atoms with Gasteiger partial charge in [0.05, 0.1) is 11.8 Å². The second-order valence-corrected chi connectivity index (χ2v) is 6.45. The zero-order chi connectivity index (χ0) is 17.1. The van der Waals surface area contributed by atoms with Crippen LogP contribution in [0.2, 0.25) is 0 Å². The lowest BCUT2D eigenvalue weighted by Crippen LogP contribution is -2.32. The van der Waals surface area contributed by atoms with Gasteiger partial charge < -0.3 is 5.32 Å². The minimum absolute atomic E-state index is 0.0753. The molecule has 24 heavy (non-hydrogen) atoms. The van der Waals surface area contributed by atoms with Gasteiger partial charge in [0.25, 0.3) is 0 Å². The maximum absolute atomic E-state index is 12.3. The molecule has 5 heteroatoms. The summed E-state index contributed by atoms with van der Waals surface area (Å²) in [6.45, 7) is 2.26. The maximum atomic E-state index is 12.3. The average Bonchev–Trinajstić information content (AvgIpc) is 2.82. The summed E-state index contributed by atoms with van der Waals surface area (Å²) in [4.78, 5) is 38.1. The van der Waals surface area contributed by atoms with E-state index in [0.717, 1.165) is 11.3 Å². The summed E-state index contributed by atoms with van der Waals surface area (Å²) in [6.07, 6.45) is 6.04. The zero-order valence-corrected chi connectivity index (χ0v) is 13.8. The third-order valence-corrected chi connectivity index (χ3v) is 4.80. The van der Waals surface area contributed by atoms with Gasteiger partial charge in [0, 0.05) is 18.7 Å². The molecule has 0 unspecified atom stereocenters. The first-order valence-corrected chi connectivity index (χ1v) is 8.43. The molecule has 3 rings (SSSR count). The fraction of sp³-hybridized carbons (Fsp3) is 0.421. The molecule has 2 aliphatic rings. The molecular weight excluding hydrogens is 304 g/mol. The number of likely N-dealkylation sites (tertiary alicyclic amines) is 1. The van der Waals surface area contributed by atoms with E-state index >= 15 is 0 Å². The van der Waals surface area contributed by atoms with Crippen LogP contribution in [-0.4, -0.2) is 29.2 Å². The third kappa shape index (κ3) is 3.25. The van der Waals surface area contributed by atoms with Crippen molar-refractivity contribution in [2.24, 2.45) is 11.8 Å². The number of carbonyl (C=O) groups excluding carboxylic acids is 3. The Morgan fingerprint density at radius 1 is 1.12 bits per heavy atom. The molecule has 0 aromatic heterocycles. The highest BCUT2D eigenvalue weighted by atomic mass is 16.2. The predicted molar refractivity (Wildman–Crippen MR) is 91.1 cm³/mol. The predicted octanol–water partition coefficient (Wildman–Crippen LogP) is 2.66. The van der Waals surface area contributed by atoms with E-state index in [9.17, 15) is 14.4 Å². The summed E-state index contributed by atoms with van der Waals surface area (Å²) in [7, 11) is 0. The van der Waals surface area contributed by atoms with Gasteiger partial charge in [-0.3, -0.25) is 19.3 Å². The number of anilines is 1. The molecule has 0 bridgehead atoms.